The number of phenols is 1. The van der Waals surface area contributed by atoms with Gasteiger partial charge in [-0.05, 0) is 42.3 Å². The lowest BCUT2D eigenvalue weighted by molar-refractivity contribution is -0.124. The lowest BCUT2D eigenvalue weighted by atomic mass is 10.1. The summed E-state index contributed by atoms with van der Waals surface area (Å²) in [7, 11) is 0. The molecule has 0 spiro atoms. The van der Waals surface area contributed by atoms with Gasteiger partial charge in [0.05, 0.1) is 0 Å². The Morgan fingerprint density at radius 3 is 2.70 bits per heavy atom. The van der Waals surface area contributed by atoms with Crippen molar-refractivity contribution in [3.8, 4) is 17.2 Å². The molecule has 2 N–H and O–H groups in total. The lowest BCUT2D eigenvalue weighted by Crippen LogP contribution is -2.30. The second-order valence-electron chi connectivity index (χ2n) is 5.82. The second-order valence-corrected chi connectivity index (χ2v) is 6.25. The van der Waals surface area contributed by atoms with Crippen LogP contribution >= 0.6 is 11.6 Å². The fraction of sp³-hybridized carbons (Fsp3) is 0.263. The van der Waals surface area contributed by atoms with E-state index in [1.165, 1.54) is 18.2 Å². The van der Waals surface area contributed by atoms with Gasteiger partial charge in [0.15, 0.2) is 18.1 Å². The molecule has 142 valence electrons. The van der Waals surface area contributed by atoms with Crippen molar-refractivity contribution in [1.29, 1.82) is 0 Å². The monoisotopic (exact) mass is 391 g/mol. The molecule has 1 heterocycles. The number of hydrogen-bond acceptors (Lipinski definition) is 6. The zero-order valence-electron chi connectivity index (χ0n) is 14.4. The minimum Gasteiger partial charge on any atom is -0.507 e. The van der Waals surface area contributed by atoms with E-state index in [0.29, 0.717) is 37.7 Å². The molecule has 0 saturated heterocycles. The number of carbonyl (C=O) groups excluding carboxylic acids is 2. The van der Waals surface area contributed by atoms with Crippen LogP contribution in [0.15, 0.2) is 36.4 Å². The summed E-state index contributed by atoms with van der Waals surface area (Å²) in [6.45, 7) is 0.971. The fourth-order valence-electron chi connectivity index (χ4n) is 2.52. The molecule has 2 aromatic carbocycles. The highest BCUT2D eigenvalue weighted by molar-refractivity contribution is 6.31. The number of benzene rings is 2. The molecule has 2 aromatic rings. The molecule has 0 aliphatic carbocycles. The third-order valence-corrected chi connectivity index (χ3v) is 4.09. The van der Waals surface area contributed by atoms with Crippen molar-refractivity contribution in [2.24, 2.45) is 0 Å². The van der Waals surface area contributed by atoms with E-state index in [9.17, 15) is 14.7 Å². The number of phenolic OH excluding ortho intramolecular Hbond substituents is 1. The van der Waals surface area contributed by atoms with Gasteiger partial charge < -0.3 is 24.6 Å². The summed E-state index contributed by atoms with van der Waals surface area (Å²) >= 11 is 5.78. The fourth-order valence-corrected chi connectivity index (χ4v) is 2.69. The molecule has 7 nitrogen and oxygen atoms in total. The van der Waals surface area contributed by atoms with Gasteiger partial charge in [-0.2, -0.15) is 0 Å². The summed E-state index contributed by atoms with van der Waals surface area (Å²) in [5.74, 6) is -0.117. The third-order valence-electron chi connectivity index (χ3n) is 3.86. The Morgan fingerprint density at radius 1 is 1.11 bits per heavy atom. The summed E-state index contributed by atoms with van der Waals surface area (Å²) in [5, 5.41) is 12.6. The van der Waals surface area contributed by atoms with Crippen LogP contribution in [0.1, 0.15) is 15.9 Å². The van der Waals surface area contributed by atoms with Crippen molar-refractivity contribution < 1.29 is 28.9 Å². The highest BCUT2D eigenvalue weighted by atomic mass is 35.5. The maximum atomic E-state index is 11.9. The highest BCUT2D eigenvalue weighted by Gasteiger charge is 2.15. The first kappa shape index (κ1) is 18.8. The number of esters is 1. The average Bonchev–Trinajstić information content (AvgIpc) is 2.68. The van der Waals surface area contributed by atoms with Crippen LogP contribution in [-0.4, -0.2) is 43.3 Å². The maximum Gasteiger partial charge on any atom is 0.342 e. The molecule has 3 rings (SSSR count). The van der Waals surface area contributed by atoms with Gasteiger partial charge in [-0.15, -0.1) is 0 Å². The topological polar surface area (TPSA) is 94.1 Å². The maximum absolute atomic E-state index is 11.9. The SMILES string of the molecule is O=C(COC(=O)c1cc(Cl)ccc1O)NCCc1ccc2c(c1)OCCO2. The van der Waals surface area contributed by atoms with Gasteiger partial charge in [0.1, 0.15) is 24.5 Å². The molecule has 0 fully saturated rings. The summed E-state index contributed by atoms with van der Waals surface area (Å²) < 4.78 is 15.9. The van der Waals surface area contributed by atoms with Crippen molar-refractivity contribution in [3.05, 3.63) is 52.5 Å². The smallest absolute Gasteiger partial charge is 0.342 e. The van der Waals surface area contributed by atoms with E-state index in [-0.39, 0.29) is 16.3 Å². The molecule has 0 saturated carbocycles. The Morgan fingerprint density at radius 2 is 1.89 bits per heavy atom. The van der Waals surface area contributed by atoms with Crippen LogP contribution in [0.4, 0.5) is 0 Å². The zero-order chi connectivity index (χ0) is 19.2. The predicted molar refractivity (Wildman–Crippen MR) is 97.5 cm³/mol. The van der Waals surface area contributed by atoms with Crippen molar-refractivity contribution in [2.75, 3.05) is 26.4 Å². The first-order chi connectivity index (χ1) is 13.0. The molecule has 1 aliphatic heterocycles. The first-order valence-electron chi connectivity index (χ1n) is 8.34. The van der Waals surface area contributed by atoms with Gasteiger partial charge in [0.2, 0.25) is 0 Å². The predicted octanol–water partition coefficient (Wildman–Crippen LogP) is 2.33. The number of nitrogens with one attached hydrogen (secondary N) is 1. The van der Waals surface area contributed by atoms with Crippen LogP contribution in [0.25, 0.3) is 0 Å². The quantitative estimate of drug-likeness (QED) is 0.734. The largest absolute Gasteiger partial charge is 0.507 e. The van der Waals surface area contributed by atoms with E-state index in [1.807, 2.05) is 18.2 Å². The van der Waals surface area contributed by atoms with E-state index < -0.39 is 18.5 Å². The molecule has 1 amide bonds. The van der Waals surface area contributed by atoms with Crippen molar-refractivity contribution >= 4 is 23.5 Å². The number of amides is 1. The van der Waals surface area contributed by atoms with Crippen molar-refractivity contribution in [2.45, 2.75) is 6.42 Å². The summed E-state index contributed by atoms with van der Waals surface area (Å²) in [6.07, 6.45) is 0.589. The van der Waals surface area contributed by atoms with Crippen LogP contribution in [0, 0.1) is 0 Å². The Hall–Kier alpha value is -2.93. The minimum absolute atomic E-state index is 0.0911. The summed E-state index contributed by atoms with van der Waals surface area (Å²) in [6, 6.07) is 9.62. The van der Waals surface area contributed by atoms with Crippen LogP contribution in [0.5, 0.6) is 17.2 Å². The molecule has 8 heteroatoms. The van der Waals surface area contributed by atoms with Crippen LogP contribution in [0.3, 0.4) is 0 Å². The van der Waals surface area contributed by atoms with Gasteiger partial charge in [0, 0.05) is 11.6 Å². The summed E-state index contributed by atoms with van der Waals surface area (Å²) in [5.41, 5.74) is 0.895. The number of fused-ring (bicyclic) bond motifs is 1. The molecule has 1 aliphatic rings. The van der Waals surface area contributed by atoms with E-state index in [2.05, 4.69) is 5.32 Å². The lowest BCUT2D eigenvalue weighted by Gasteiger charge is -2.18. The van der Waals surface area contributed by atoms with E-state index in [1.54, 1.807) is 0 Å². The molecule has 0 atom stereocenters. The minimum atomic E-state index is -0.822. The number of rotatable bonds is 6. The highest BCUT2D eigenvalue weighted by Crippen LogP contribution is 2.30. The van der Waals surface area contributed by atoms with Gasteiger partial charge in [-0.25, -0.2) is 4.79 Å². The Labute approximate surface area is 160 Å². The van der Waals surface area contributed by atoms with Crippen molar-refractivity contribution in [3.63, 3.8) is 0 Å². The van der Waals surface area contributed by atoms with Crippen LogP contribution in [0.2, 0.25) is 5.02 Å². The Kier molecular flexibility index (Phi) is 6.03. The number of ether oxygens (including phenoxy) is 3. The number of carbonyl (C=O) groups is 2. The average molecular weight is 392 g/mol. The summed E-state index contributed by atoms with van der Waals surface area (Å²) in [4.78, 5) is 23.7. The van der Waals surface area contributed by atoms with Gasteiger partial charge in [-0.3, -0.25) is 4.79 Å². The van der Waals surface area contributed by atoms with Crippen molar-refractivity contribution in [1.82, 2.24) is 5.32 Å². The Bertz CT molecular complexity index is 854. The zero-order valence-corrected chi connectivity index (χ0v) is 15.1. The van der Waals surface area contributed by atoms with E-state index in [0.717, 1.165) is 5.56 Å². The Balaban J connectivity index is 1.43. The molecule has 27 heavy (non-hydrogen) atoms. The van der Waals surface area contributed by atoms with Gasteiger partial charge in [0.25, 0.3) is 5.91 Å². The number of halogens is 1. The molecular formula is C19H18ClNO6. The number of hydrogen-bond donors (Lipinski definition) is 2. The van der Waals surface area contributed by atoms with E-state index in [4.69, 9.17) is 25.8 Å². The standard InChI is InChI=1S/C19H18ClNO6/c20-13-2-3-15(22)14(10-13)19(24)27-11-18(23)21-6-5-12-1-4-16-17(9-12)26-8-7-25-16/h1-4,9-10,22H,5-8,11H2,(H,21,23). The van der Waals surface area contributed by atoms with E-state index >= 15 is 0 Å². The second kappa shape index (κ2) is 8.64. The number of aromatic hydroxyl groups is 1. The van der Waals surface area contributed by atoms with Gasteiger partial charge in [-0.1, -0.05) is 17.7 Å². The third kappa shape index (κ3) is 5.04. The molecule has 0 radical (unpaired) electrons. The molecule has 0 aromatic heterocycles. The van der Waals surface area contributed by atoms with Crippen LogP contribution < -0.4 is 14.8 Å². The molecule has 0 unspecified atom stereocenters. The van der Waals surface area contributed by atoms with Gasteiger partial charge >= 0.3 is 5.97 Å². The first-order valence-corrected chi connectivity index (χ1v) is 8.71. The molecule has 0 bridgehead atoms. The normalized spacial score (nSPS) is 12.3. The molecular weight excluding hydrogens is 374 g/mol. The van der Waals surface area contributed by atoms with Crippen LogP contribution in [-0.2, 0) is 16.0 Å².